The highest BCUT2D eigenvalue weighted by Crippen LogP contribution is 2.69. The van der Waals surface area contributed by atoms with Gasteiger partial charge in [0.05, 0.1) is 23.0 Å². The fraction of sp³-hybridized carbons (Fsp3) is 0.886. The summed E-state index contributed by atoms with van der Waals surface area (Å²) < 4.78 is 37.5. The van der Waals surface area contributed by atoms with E-state index in [1.165, 1.54) is 32.5 Å². The van der Waals surface area contributed by atoms with Gasteiger partial charge in [0.15, 0.2) is 0 Å². The maximum absolute atomic E-state index is 14.0. The third-order valence-electron chi connectivity index (χ3n) is 15.2. The molecule has 12 atom stereocenters. The molecular weight excluding hydrogens is 763 g/mol. The summed E-state index contributed by atoms with van der Waals surface area (Å²) in [5, 5.41) is -0.364. The molecule has 0 N–H and O–H groups in total. The number of esters is 3. The van der Waals surface area contributed by atoms with E-state index in [9.17, 15) is 19.2 Å². The van der Waals surface area contributed by atoms with Crippen LogP contribution in [-0.2, 0) is 47.4 Å². The van der Waals surface area contributed by atoms with Crippen LogP contribution in [0.3, 0.4) is 0 Å². The van der Waals surface area contributed by atoms with Gasteiger partial charge in [0.2, 0.25) is 4.38 Å². The number of Topliss-reactive ketones (excluding diaryl/α,β-unsaturated/α-hetero) is 1. The number of carbonyl (C=O) groups is 4. The minimum absolute atomic E-state index is 0.0648. The third kappa shape index (κ3) is 10.1. The number of thiocarbonyl (C=S) groups is 1. The second-order valence-electron chi connectivity index (χ2n) is 20.9. The van der Waals surface area contributed by atoms with Crippen LogP contribution in [0.15, 0.2) is 0 Å². The molecule has 10 nitrogen and oxygen atoms in total. The molecule has 1 heterocycles. The fourth-order valence-electron chi connectivity index (χ4n) is 11.7. The molecule has 5 aliphatic rings. The number of rotatable bonds is 12. The van der Waals surface area contributed by atoms with Crippen molar-refractivity contribution >= 4 is 59.2 Å². The topological polar surface area (TPSA) is 124 Å². The summed E-state index contributed by atoms with van der Waals surface area (Å²) in [6, 6.07) is 0. The molecule has 0 bridgehead atoms. The van der Waals surface area contributed by atoms with Gasteiger partial charge in [0.25, 0.3) is 0 Å². The standard InChI is InChI=1S/C44H71BO10S2/c1-25(14-15-30(49)22-37(57-39(56)50-24-40(5,6)7)45-54-41(8,9)42(10,11)55-45)32-16-17-33-38-34(23-36(44(32,33)13)53-28(4)48)43(12)19-18-31(51-26(2)46)20-29(43)21-35(38)52-27(3)47/h25,29,31-38H,14-24H2,1-13H3/t25-,29+,31-,32-,33+,34+,35-,36+,37?,38+,43+,44-/m1/s1. The van der Waals surface area contributed by atoms with E-state index in [4.69, 9.17) is 40.5 Å². The van der Waals surface area contributed by atoms with Crippen LogP contribution < -0.4 is 0 Å². The molecule has 0 aromatic carbocycles. The largest absolute Gasteiger partial charge is 0.478 e. The average molecular weight is 835 g/mol. The van der Waals surface area contributed by atoms with E-state index in [-0.39, 0.29) is 105 Å². The lowest BCUT2D eigenvalue weighted by molar-refractivity contribution is -0.224. The number of hydrogen-bond donors (Lipinski definition) is 0. The smallest absolute Gasteiger partial charge is 0.472 e. The summed E-state index contributed by atoms with van der Waals surface area (Å²) in [5.74, 6) is 0.370. The molecule has 5 rings (SSSR count). The molecule has 13 heteroatoms. The Bertz CT molecular complexity index is 1510. The number of fused-ring (bicyclic) bond motifs is 5. The molecule has 4 saturated carbocycles. The molecule has 0 radical (unpaired) electrons. The van der Waals surface area contributed by atoms with Gasteiger partial charge in [-0.2, -0.15) is 0 Å². The third-order valence-corrected chi connectivity index (χ3v) is 16.6. The highest BCUT2D eigenvalue weighted by molar-refractivity contribution is 8.23. The summed E-state index contributed by atoms with van der Waals surface area (Å²) in [5.41, 5.74) is -1.60. The number of ether oxygens (including phenoxy) is 4. The molecule has 0 spiro atoms. The lowest BCUT2D eigenvalue weighted by Crippen LogP contribution is -2.63. The van der Waals surface area contributed by atoms with Gasteiger partial charge in [-0.15, -0.1) is 0 Å². The summed E-state index contributed by atoms with van der Waals surface area (Å²) in [7, 11) is -0.620. The van der Waals surface area contributed by atoms with E-state index in [1.807, 2.05) is 27.7 Å². The van der Waals surface area contributed by atoms with Gasteiger partial charge in [-0.05, 0) is 132 Å². The van der Waals surface area contributed by atoms with Crippen LogP contribution in [0, 0.1) is 51.8 Å². The van der Waals surface area contributed by atoms with Crippen molar-refractivity contribution < 1.29 is 47.4 Å². The predicted octanol–water partition coefficient (Wildman–Crippen LogP) is 9.12. The number of ketones is 1. The number of carbonyl (C=O) groups excluding carboxylic acids is 4. The predicted molar refractivity (Wildman–Crippen MR) is 226 cm³/mol. The fourth-order valence-corrected chi connectivity index (χ4v) is 13.0. The Morgan fingerprint density at radius 1 is 0.842 bits per heavy atom. The van der Waals surface area contributed by atoms with Crippen molar-refractivity contribution in [3.63, 3.8) is 0 Å². The maximum atomic E-state index is 14.0. The molecule has 57 heavy (non-hydrogen) atoms. The maximum Gasteiger partial charge on any atom is 0.472 e. The molecule has 0 aromatic heterocycles. The molecule has 322 valence electrons. The summed E-state index contributed by atoms with van der Waals surface area (Å²) in [4.78, 5) is 51.4. The van der Waals surface area contributed by atoms with E-state index < -0.39 is 18.3 Å². The molecule has 0 aromatic rings. The molecule has 0 amide bonds. The SMILES string of the molecule is CC(=O)O[C@@H]1CC[C@@]2(C)[C@@H](C1)C[C@@H](OC(C)=O)[C@@H]1[C@@H]2C[C@H](OC(C)=O)[C@]2(C)[C@@H]([C@H](C)CCC(=O)CC(SC(=S)OCC(C)(C)C)B3OC(C)(C)C(C)(C)O3)CC[C@@H]12. The van der Waals surface area contributed by atoms with E-state index in [0.717, 1.165) is 38.5 Å². The van der Waals surface area contributed by atoms with Crippen LogP contribution in [0.5, 0.6) is 0 Å². The Balaban J connectivity index is 1.34. The first-order valence-electron chi connectivity index (χ1n) is 21.5. The zero-order valence-corrected chi connectivity index (χ0v) is 38.7. The molecular formula is C44H71BO10S2. The van der Waals surface area contributed by atoms with Gasteiger partial charge < -0.3 is 28.3 Å². The number of thioether (sulfide) groups is 1. The van der Waals surface area contributed by atoms with Crippen LogP contribution in [0.1, 0.15) is 154 Å². The van der Waals surface area contributed by atoms with E-state index in [2.05, 4.69) is 41.5 Å². The minimum Gasteiger partial charge on any atom is -0.478 e. The Kier molecular flexibility index (Phi) is 14.1. The van der Waals surface area contributed by atoms with Crippen LogP contribution in [-0.4, -0.2) is 76.5 Å². The Morgan fingerprint density at radius 3 is 2.04 bits per heavy atom. The second kappa shape index (κ2) is 17.4. The minimum atomic E-state index is -0.620. The summed E-state index contributed by atoms with van der Waals surface area (Å²) in [6.07, 6.45) is 6.40. The second-order valence-corrected chi connectivity index (χ2v) is 22.7. The van der Waals surface area contributed by atoms with Crippen LogP contribution in [0.4, 0.5) is 0 Å². The normalized spacial score (nSPS) is 36.5. The van der Waals surface area contributed by atoms with E-state index in [0.29, 0.717) is 30.3 Å². The first-order chi connectivity index (χ1) is 26.3. The summed E-state index contributed by atoms with van der Waals surface area (Å²) in [6.45, 7) is 26.2. The highest BCUT2D eigenvalue weighted by atomic mass is 32.2. The first kappa shape index (κ1) is 46.4. The van der Waals surface area contributed by atoms with Crippen molar-refractivity contribution in [3.8, 4) is 0 Å². The van der Waals surface area contributed by atoms with Gasteiger partial charge >= 0.3 is 25.0 Å². The van der Waals surface area contributed by atoms with Crippen LogP contribution in [0.25, 0.3) is 0 Å². The van der Waals surface area contributed by atoms with Crippen molar-refractivity contribution in [2.45, 2.75) is 189 Å². The quantitative estimate of drug-likeness (QED) is 0.0807. The number of hydrogen-bond acceptors (Lipinski definition) is 12. The lowest BCUT2D eigenvalue weighted by atomic mass is 9.43. The van der Waals surface area contributed by atoms with E-state index >= 15 is 0 Å². The van der Waals surface area contributed by atoms with Gasteiger partial charge in [-0.3, -0.25) is 19.2 Å². The van der Waals surface area contributed by atoms with Crippen molar-refractivity contribution in [1.29, 1.82) is 0 Å². The average Bonchev–Trinajstić information content (AvgIpc) is 3.54. The van der Waals surface area contributed by atoms with Crippen molar-refractivity contribution in [2.24, 2.45) is 51.8 Å². The monoisotopic (exact) mass is 834 g/mol. The Morgan fingerprint density at radius 2 is 1.46 bits per heavy atom. The van der Waals surface area contributed by atoms with Crippen molar-refractivity contribution in [2.75, 3.05) is 6.61 Å². The molecule has 1 saturated heterocycles. The molecule has 1 aliphatic heterocycles. The highest BCUT2D eigenvalue weighted by Gasteiger charge is 2.68. The molecule has 4 aliphatic carbocycles. The molecule has 1 unspecified atom stereocenters. The van der Waals surface area contributed by atoms with Gasteiger partial charge in [0.1, 0.15) is 24.1 Å². The van der Waals surface area contributed by atoms with Gasteiger partial charge in [-0.1, -0.05) is 53.3 Å². The van der Waals surface area contributed by atoms with Crippen molar-refractivity contribution in [1.82, 2.24) is 0 Å². The van der Waals surface area contributed by atoms with Crippen LogP contribution in [0.2, 0.25) is 0 Å². The lowest BCUT2D eigenvalue weighted by Gasteiger charge is -2.64. The molecule has 5 fully saturated rings. The zero-order valence-electron chi connectivity index (χ0n) is 37.0. The first-order valence-corrected chi connectivity index (χ1v) is 22.8. The van der Waals surface area contributed by atoms with Gasteiger partial charge in [-0.25, -0.2) is 0 Å². The Hall–Kier alpha value is -1.70. The summed E-state index contributed by atoms with van der Waals surface area (Å²) >= 11 is 7.00. The van der Waals surface area contributed by atoms with Gasteiger partial charge in [0, 0.05) is 44.9 Å². The van der Waals surface area contributed by atoms with E-state index in [1.54, 1.807) is 0 Å². The van der Waals surface area contributed by atoms with Crippen molar-refractivity contribution in [3.05, 3.63) is 0 Å². The van der Waals surface area contributed by atoms with Crippen LogP contribution >= 0.6 is 24.0 Å². The Labute approximate surface area is 352 Å². The zero-order chi connectivity index (χ0) is 42.5.